The molecule has 2 N–H and O–H groups in total. The Bertz CT molecular complexity index is 385. The van der Waals surface area contributed by atoms with Crippen molar-refractivity contribution in [3.63, 3.8) is 0 Å². The molecule has 1 amide bonds. The highest BCUT2D eigenvalue weighted by atomic mass is 32.1. The number of rotatable bonds is 7. The zero-order valence-electron chi connectivity index (χ0n) is 12.3. The van der Waals surface area contributed by atoms with Gasteiger partial charge in [0.1, 0.15) is 5.60 Å². The molecule has 0 aromatic carbocycles. The normalized spacial score (nSPS) is 16.1. The Labute approximate surface area is 120 Å². The minimum atomic E-state index is -0.991. The molecule has 0 bridgehead atoms. The summed E-state index contributed by atoms with van der Waals surface area (Å²) in [6, 6.07) is 1.89. The maximum atomic E-state index is 11.9. The lowest BCUT2D eigenvalue weighted by Gasteiger charge is -2.24. The SMILES string of the molecule is CCC(CC(=O)NCC(C)(O)c1ccsc1)C(C)C. The van der Waals surface area contributed by atoms with Gasteiger partial charge in [-0.25, -0.2) is 0 Å². The maximum Gasteiger partial charge on any atom is 0.220 e. The molecule has 0 fully saturated rings. The van der Waals surface area contributed by atoms with E-state index in [4.69, 9.17) is 0 Å². The summed E-state index contributed by atoms with van der Waals surface area (Å²) in [5.74, 6) is 0.940. The fraction of sp³-hybridized carbons (Fsp3) is 0.667. The van der Waals surface area contributed by atoms with Crippen LogP contribution in [0, 0.1) is 11.8 Å². The molecule has 1 heterocycles. The number of hydrogen-bond donors (Lipinski definition) is 2. The van der Waals surface area contributed by atoms with E-state index < -0.39 is 5.60 Å². The highest BCUT2D eigenvalue weighted by Gasteiger charge is 2.25. The number of amides is 1. The summed E-state index contributed by atoms with van der Waals surface area (Å²) in [5, 5.41) is 17.0. The van der Waals surface area contributed by atoms with Gasteiger partial charge in [0.05, 0.1) is 6.54 Å². The minimum absolute atomic E-state index is 0.0241. The van der Waals surface area contributed by atoms with Crippen LogP contribution in [0.2, 0.25) is 0 Å². The van der Waals surface area contributed by atoms with E-state index in [1.807, 2.05) is 16.8 Å². The first-order valence-corrected chi connectivity index (χ1v) is 7.82. The van der Waals surface area contributed by atoms with Crippen molar-refractivity contribution in [3.8, 4) is 0 Å². The third kappa shape index (κ3) is 4.96. The lowest BCUT2D eigenvalue weighted by atomic mass is 9.90. The van der Waals surface area contributed by atoms with Crippen LogP contribution < -0.4 is 5.32 Å². The van der Waals surface area contributed by atoms with Crippen LogP contribution in [0.3, 0.4) is 0 Å². The predicted molar refractivity (Wildman–Crippen MR) is 80.1 cm³/mol. The van der Waals surface area contributed by atoms with Crippen LogP contribution in [0.1, 0.15) is 46.1 Å². The van der Waals surface area contributed by atoms with Gasteiger partial charge < -0.3 is 10.4 Å². The molecule has 0 aliphatic rings. The van der Waals surface area contributed by atoms with E-state index in [-0.39, 0.29) is 12.5 Å². The van der Waals surface area contributed by atoms with E-state index >= 15 is 0 Å². The first kappa shape index (κ1) is 16.2. The van der Waals surface area contributed by atoms with Crippen LogP contribution in [0.4, 0.5) is 0 Å². The van der Waals surface area contributed by atoms with E-state index in [1.165, 1.54) is 0 Å². The van der Waals surface area contributed by atoms with Crippen LogP contribution in [0.5, 0.6) is 0 Å². The van der Waals surface area contributed by atoms with Gasteiger partial charge >= 0.3 is 0 Å². The van der Waals surface area contributed by atoms with Crippen molar-refractivity contribution in [2.75, 3.05) is 6.54 Å². The molecule has 2 unspecified atom stereocenters. The third-order valence-corrected chi connectivity index (χ3v) is 4.37. The molecule has 2 atom stereocenters. The van der Waals surface area contributed by atoms with E-state index in [1.54, 1.807) is 18.3 Å². The van der Waals surface area contributed by atoms with Gasteiger partial charge in [0, 0.05) is 6.42 Å². The fourth-order valence-corrected chi connectivity index (χ4v) is 2.89. The lowest BCUT2D eigenvalue weighted by molar-refractivity contribution is -0.123. The quantitative estimate of drug-likeness (QED) is 0.807. The smallest absolute Gasteiger partial charge is 0.220 e. The second-order valence-electron chi connectivity index (χ2n) is 5.68. The van der Waals surface area contributed by atoms with Crippen molar-refractivity contribution in [1.29, 1.82) is 0 Å². The molecule has 0 radical (unpaired) electrons. The second kappa shape index (κ2) is 7.06. The van der Waals surface area contributed by atoms with Gasteiger partial charge in [-0.3, -0.25) is 4.79 Å². The van der Waals surface area contributed by atoms with Gasteiger partial charge in [0.15, 0.2) is 0 Å². The summed E-state index contributed by atoms with van der Waals surface area (Å²) in [4.78, 5) is 11.9. The van der Waals surface area contributed by atoms with Crippen LogP contribution in [0.25, 0.3) is 0 Å². The molecular weight excluding hydrogens is 258 g/mol. The first-order valence-electron chi connectivity index (χ1n) is 6.88. The van der Waals surface area contributed by atoms with Gasteiger partial charge in [-0.05, 0) is 41.1 Å². The summed E-state index contributed by atoms with van der Waals surface area (Å²) >= 11 is 1.55. The standard InChI is InChI=1S/C15H25NO2S/c1-5-12(11(2)3)8-14(17)16-10-15(4,18)13-6-7-19-9-13/h6-7,9,11-12,18H,5,8,10H2,1-4H3,(H,16,17). The van der Waals surface area contributed by atoms with E-state index in [0.717, 1.165) is 12.0 Å². The third-order valence-electron chi connectivity index (χ3n) is 3.69. The number of hydrogen-bond acceptors (Lipinski definition) is 3. The van der Waals surface area contributed by atoms with Gasteiger partial charge in [0.2, 0.25) is 5.91 Å². The molecule has 0 saturated heterocycles. The molecule has 0 saturated carbocycles. The van der Waals surface area contributed by atoms with Crippen molar-refractivity contribution in [2.45, 2.75) is 46.1 Å². The molecular formula is C15H25NO2S. The average molecular weight is 283 g/mol. The number of carbonyl (C=O) groups is 1. The van der Waals surface area contributed by atoms with Crippen LogP contribution in [0.15, 0.2) is 16.8 Å². The zero-order valence-corrected chi connectivity index (χ0v) is 13.1. The largest absolute Gasteiger partial charge is 0.384 e. The summed E-state index contributed by atoms with van der Waals surface area (Å²) in [5.41, 5.74) is -0.136. The van der Waals surface area contributed by atoms with Crippen LogP contribution >= 0.6 is 11.3 Å². The molecule has 0 aliphatic heterocycles. The van der Waals surface area contributed by atoms with Gasteiger partial charge in [-0.1, -0.05) is 27.2 Å². The molecule has 1 aromatic rings. The highest BCUT2D eigenvalue weighted by Crippen LogP contribution is 2.23. The number of nitrogens with one attached hydrogen (secondary N) is 1. The van der Waals surface area contributed by atoms with Crippen molar-refractivity contribution >= 4 is 17.2 Å². The Kier molecular flexibility index (Phi) is 6.01. The zero-order chi connectivity index (χ0) is 14.5. The summed E-state index contributed by atoms with van der Waals surface area (Å²) in [6.45, 7) is 8.39. The molecule has 0 spiro atoms. The van der Waals surface area contributed by atoms with E-state index in [9.17, 15) is 9.90 Å². The first-order chi connectivity index (χ1) is 8.86. The fourth-order valence-electron chi connectivity index (χ4n) is 2.11. The Morgan fingerprint density at radius 2 is 2.21 bits per heavy atom. The average Bonchev–Trinajstić information content (AvgIpc) is 2.87. The topological polar surface area (TPSA) is 49.3 Å². The summed E-state index contributed by atoms with van der Waals surface area (Å²) < 4.78 is 0. The van der Waals surface area contributed by atoms with Crippen molar-refractivity contribution in [1.82, 2.24) is 5.32 Å². The highest BCUT2D eigenvalue weighted by molar-refractivity contribution is 7.08. The van der Waals surface area contributed by atoms with E-state index in [0.29, 0.717) is 18.3 Å². The molecule has 1 rings (SSSR count). The Morgan fingerprint density at radius 3 is 2.68 bits per heavy atom. The second-order valence-corrected chi connectivity index (χ2v) is 6.46. The molecule has 19 heavy (non-hydrogen) atoms. The van der Waals surface area contributed by atoms with Crippen LogP contribution in [-0.2, 0) is 10.4 Å². The van der Waals surface area contributed by atoms with Crippen molar-refractivity contribution < 1.29 is 9.90 Å². The lowest BCUT2D eigenvalue weighted by Crippen LogP contribution is -2.39. The molecule has 108 valence electrons. The maximum absolute atomic E-state index is 11.9. The Hall–Kier alpha value is -0.870. The van der Waals surface area contributed by atoms with Crippen molar-refractivity contribution in [3.05, 3.63) is 22.4 Å². The number of thiophene rings is 1. The van der Waals surface area contributed by atoms with Crippen LogP contribution in [-0.4, -0.2) is 17.6 Å². The molecule has 4 heteroatoms. The predicted octanol–water partition coefficient (Wildman–Crippen LogP) is 3.14. The minimum Gasteiger partial charge on any atom is -0.384 e. The number of carbonyl (C=O) groups excluding carboxylic acids is 1. The summed E-state index contributed by atoms with van der Waals surface area (Å²) in [7, 11) is 0. The molecule has 1 aromatic heterocycles. The number of aliphatic hydroxyl groups is 1. The van der Waals surface area contributed by atoms with E-state index in [2.05, 4.69) is 26.1 Å². The van der Waals surface area contributed by atoms with Gasteiger partial charge in [-0.15, -0.1) is 0 Å². The molecule has 3 nitrogen and oxygen atoms in total. The summed E-state index contributed by atoms with van der Waals surface area (Å²) in [6.07, 6.45) is 1.54. The molecule has 0 aliphatic carbocycles. The van der Waals surface area contributed by atoms with Gasteiger partial charge in [0.25, 0.3) is 0 Å². The van der Waals surface area contributed by atoms with Crippen molar-refractivity contribution in [2.24, 2.45) is 11.8 Å². The Balaban J connectivity index is 2.46. The van der Waals surface area contributed by atoms with Gasteiger partial charge in [-0.2, -0.15) is 11.3 Å². The monoisotopic (exact) mass is 283 g/mol. The Morgan fingerprint density at radius 1 is 1.53 bits per heavy atom.